The van der Waals surface area contributed by atoms with Crippen LogP contribution in [0.25, 0.3) is 0 Å². The molecule has 1 aromatic rings. The molecule has 19 heavy (non-hydrogen) atoms. The number of hydrogen-bond donors (Lipinski definition) is 3. The molecule has 2 heterocycles. The summed E-state index contributed by atoms with van der Waals surface area (Å²) in [5, 5.41) is 19.0. The highest BCUT2D eigenvalue weighted by atomic mass is 79.9. The van der Waals surface area contributed by atoms with Crippen LogP contribution in [-0.2, 0) is 4.74 Å². The van der Waals surface area contributed by atoms with Crippen LogP contribution in [0.2, 0.25) is 0 Å². The zero-order valence-corrected chi connectivity index (χ0v) is 11.8. The number of aromatic nitrogens is 2. The van der Waals surface area contributed by atoms with E-state index in [-0.39, 0.29) is 12.4 Å². The molecule has 0 aliphatic carbocycles. The first kappa shape index (κ1) is 14.4. The summed E-state index contributed by atoms with van der Waals surface area (Å²) in [6.07, 6.45) is 1.31. The lowest BCUT2D eigenvalue weighted by atomic mass is 10.1. The number of nitrogens with zero attached hydrogens (tertiary/aromatic N) is 2. The van der Waals surface area contributed by atoms with E-state index < -0.39 is 24.1 Å². The number of anilines is 1. The SMILES string of the molecule is Nc1nc(=O)n([C@H]2CCC[C@H](O)[C@@H](CO)O2)cc1Br. The Labute approximate surface area is 118 Å². The number of aliphatic hydroxyl groups is 2. The van der Waals surface area contributed by atoms with Gasteiger partial charge in [-0.3, -0.25) is 4.57 Å². The predicted octanol–water partition coefficient (Wildman–Crippen LogP) is 0.00890. The Bertz CT molecular complexity index is 507. The van der Waals surface area contributed by atoms with E-state index in [4.69, 9.17) is 10.5 Å². The molecule has 8 heteroatoms. The minimum absolute atomic E-state index is 0.119. The summed E-state index contributed by atoms with van der Waals surface area (Å²) in [6.45, 7) is -0.296. The minimum atomic E-state index is -0.726. The maximum atomic E-state index is 11.8. The molecule has 0 bridgehead atoms. The molecule has 0 amide bonds. The lowest BCUT2D eigenvalue weighted by Crippen LogP contribution is -2.35. The van der Waals surface area contributed by atoms with E-state index >= 15 is 0 Å². The van der Waals surface area contributed by atoms with Crippen LogP contribution < -0.4 is 11.4 Å². The van der Waals surface area contributed by atoms with Gasteiger partial charge in [0.2, 0.25) is 0 Å². The minimum Gasteiger partial charge on any atom is -0.394 e. The van der Waals surface area contributed by atoms with Crippen molar-refractivity contribution in [2.45, 2.75) is 37.7 Å². The zero-order chi connectivity index (χ0) is 14.0. The summed E-state index contributed by atoms with van der Waals surface area (Å²) < 4.78 is 7.42. The molecule has 1 saturated heterocycles. The number of hydrogen-bond acceptors (Lipinski definition) is 6. The molecule has 1 aliphatic rings. The molecule has 3 atom stereocenters. The summed E-state index contributed by atoms with van der Waals surface area (Å²) in [7, 11) is 0. The zero-order valence-electron chi connectivity index (χ0n) is 10.2. The Morgan fingerprint density at radius 2 is 2.32 bits per heavy atom. The first-order chi connectivity index (χ1) is 9.02. The fraction of sp³-hybridized carbons (Fsp3) is 0.636. The van der Waals surface area contributed by atoms with Crippen molar-refractivity contribution in [3.8, 4) is 0 Å². The van der Waals surface area contributed by atoms with Gasteiger partial charge in [0, 0.05) is 6.20 Å². The summed E-state index contributed by atoms with van der Waals surface area (Å²) >= 11 is 3.21. The van der Waals surface area contributed by atoms with E-state index in [9.17, 15) is 15.0 Å². The van der Waals surface area contributed by atoms with Gasteiger partial charge in [-0.05, 0) is 35.2 Å². The molecule has 0 radical (unpaired) electrons. The van der Waals surface area contributed by atoms with Gasteiger partial charge in [-0.1, -0.05) is 0 Å². The first-order valence-corrected chi connectivity index (χ1v) is 6.80. The molecule has 106 valence electrons. The molecule has 7 nitrogen and oxygen atoms in total. The number of nitrogen functional groups attached to an aromatic ring is 1. The fourth-order valence-corrected chi connectivity index (χ4v) is 2.39. The molecule has 0 spiro atoms. The molecular formula is C11H16BrN3O4. The van der Waals surface area contributed by atoms with Gasteiger partial charge in [0.25, 0.3) is 0 Å². The molecule has 1 fully saturated rings. The monoisotopic (exact) mass is 333 g/mol. The Morgan fingerprint density at radius 1 is 1.58 bits per heavy atom. The standard InChI is InChI=1S/C11H16BrN3O4/c12-6-4-15(11(18)14-10(6)13)9-3-1-2-7(17)8(5-16)19-9/h4,7-9,16-17H,1-3,5H2,(H2,13,14,18)/t7-,8+,9+/m0/s1. The summed E-state index contributed by atoms with van der Waals surface area (Å²) in [5.74, 6) is 0.119. The molecule has 1 aliphatic heterocycles. The van der Waals surface area contributed by atoms with Crippen LogP contribution in [0.5, 0.6) is 0 Å². The highest BCUT2D eigenvalue weighted by molar-refractivity contribution is 9.10. The van der Waals surface area contributed by atoms with Crippen molar-refractivity contribution in [2.75, 3.05) is 12.3 Å². The van der Waals surface area contributed by atoms with Gasteiger partial charge in [-0.15, -0.1) is 0 Å². The van der Waals surface area contributed by atoms with E-state index in [1.165, 1.54) is 10.8 Å². The lowest BCUT2D eigenvalue weighted by Gasteiger charge is -2.24. The third-order valence-corrected chi connectivity index (χ3v) is 3.75. The largest absolute Gasteiger partial charge is 0.394 e. The lowest BCUT2D eigenvalue weighted by molar-refractivity contribution is -0.113. The number of halogens is 1. The number of aliphatic hydroxyl groups excluding tert-OH is 2. The van der Waals surface area contributed by atoms with E-state index in [1.807, 2.05) is 0 Å². The van der Waals surface area contributed by atoms with Gasteiger partial charge in [-0.2, -0.15) is 4.98 Å². The average molecular weight is 334 g/mol. The second-order valence-corrected chi connectivity index (χ2v) is 5.33. The Hall–Kier alpha value is -0.960. The normalized spacial score (nSPS) is 28.1. The van der Waals surface area contributed by atoms with Crippen LogP contribution in [0.1, 0.15) is 25.5 Å². The van der Waals surface area contributed by atoms with Gasteiger partial charge >= 0.3 is 5.69 Å². The quantitative estimate of drug-likeness (QED) is 0.703. The van der Waals surface area contributed by atoms with Gasteiger partial charge in [-0.25, -0.2) is 4.79 Å². The summed E-state index contributed by atoms with van der Waals surface area (Å²) in [6, 6.07) is 0. The second-order valence-electron chi connectivity index (χ2n) is 4.47. The van der Waals surface area contributed by atoms with Crippen molar-refractivity contribution < 1.29 is 14.9 Å². The van der Waals surface area contributed by atoms with E-state index in [0.29, 0.717) is 23.7 Å². The summed E-state index contributed by atoms with van der Waals surface area (Å²) in [5.41, 5.74) is 5.02. The first-order valence-electron chi connectivity index (χ1n) is 6.01. The van der Waals surface area contributed by atoms with Crippen LogP contribution in [-0.4, -0.2) is 38.6 Å². The fourth-order valence-electron chi connectivity index (χ4n) is 2.08. The number of ether oxygens (including phenoxy) is 1. The van der Waals surface area contributed by atoms with Gasteiger partial charge < -0.3 is 20.7 Å². The molecule has 0 saturated carbocycles. The third-order valence-electron chi connectivity index (χ3n) is 3.14. The third kappa shape index (κ3) is 3.14. The van der Waals surface area contributed by atoms with E-state index in [1.54, 1.807) is 0 Å². The van der Waals surface area contributed by atoms with E-state index in [2.05, 4.69) is 20.9 Å². The molecule has 1 aromatic heterocycles. The van der Waals surface area contributed by atoms with Gasteiger partial charge in [0.1, 0.15) is 18.1 Å². The smallest absolute Gasteiger partial charge is 0.351 e. The second kappa shape index (κ2) is 6.00. The topological polar surface area (TPSA) is 111 Å². The van der Waals surface area contributed by atoms with Crippen LogP contribution in [0.15, 0.2) is 15.5 Å². The molecule has 2 rings (SSSR count). The highest BCUT2D eigenvalue weighted by Gasteiger charge is 2.28. The van der Waals surface area contributed by atoms with Crippen molar-refractivity contribution >= 4 is 21.7 Å². The highest BCUT2D eigenvalue weighted by Crippen LogP contribution is 2.26. The van der Waals surface area contributed by atoms with Crippen molar-refractivity contribution in [1.29, 1.82) is 0 Å². The Kier molecular flexibility index (Phi) is 4.56. The van der Waals surface area contributed by atoms with Crippen molar-refractivity contribution in [3.63, 3.8) is 0 Å². The van der Waals surface area contributed by atoms with Crippen LogP contribution in [0, 0.1) is 0 Å². The molecule has 0 aromatic carbocycles. The van der Waals surface area contributed by atoms with Crippen molar-refractivity contribution in [2.24, 2.45) is 0 Å². The van der Waals surface area contributed by atoms with E-state index in [0.717, 1.165) is 0 Å². The van der Waals surface area contributed by atoms with Gasteiger partial charge in [0.15, 0.2) is 0 Å². The number of nitrogens with two attached hydrogens (primary N) is 1. The average Bonchev–Trinajstić information content (AvgIpc) is 2.55. The Morgan fingerprint density at radius 3 is 3.00 bits per heavy atom. The molecule has 4 N–H and O–H groups in total. The van der Waals surface area contributed by atoms with Crippen LogP contribution in [0.4, 0.5) is 5.82 Å². The van der Waals surface area contributed by atoms with Crippen molar-refractivity contribution in [1.82, 2.24) is 9.55 Å². The van der Waals surface area contributed by atoms with Crippen molar-refractivity contribution in [3.05, 3.63) is 21.2 Å². The number of rotatable bonds is 2. The Balaban J connectivity index is 2.30. The van der Waals surface area contributed by atoms with Gasteiger partial charge in [0.05, 0.1) is 17.2 Å². The molecule has 0 unspecified atom stereocenters. The summed E-state index contributed by atoms with van der Waals surface area (Å²) in [4.78, 5) is 15.5. The van der Waals surface area contributed by atoms with Crippen LogP contribution >= 0.6 is 15.9 Å². The van der Waals surface area contributed by atoms with Crippen LogP contribution in [0.3, 0.4) is 0 Å². The predicted molar refractivity (Wildman–Crippen MR) is 71.5 cm³/mol. The maximum absolute atomic E-state index is 11.8. The molecular weight excluding hydrogens is 318 g/mol. The maximum Gasteiger partial charge on any atom is 0.351 e.